The average molecular weight is 453 g/mol. The highest BCUT2D eigenvalue weighted by atomic mass is 35.5. The third kappa shape index (κ3) is 3.73. The van der Waals surface area contributed by atoms with E-state index < -0.39 is 10.0 Å². The predicted octanol–water partition coefficient (Wildman–Crippen LogP) is 4.96. The number of thiophene rings is 1. The third-order valence-electron chi connectivity index (χ3n) is 4.22. The number of hydrogen-bond acceptors (Lipinski definition) is 5. The highest BCUT2D eigenvalue weighted by molar-refractivity contribution is 7.94. The zero-order chi connectivity index (χ0) is 19.9. The molecule has 0 unspecified atom stereocenters. The average Bonchev–Trinajstić information content (AvgIpc) is 3.26. The van der Waals surface area contributed by atoms with Crippen LogP contribution in [0.15, 0.2) is 53.0 Å². The van der Waals surface area contributed by atoms with Gasteiger partial charge in [0.15, 0.2) is 0 Å². The molecule has 28 heavy (non-hydrogen) atoms. The summed E-state index contributed by atoms with van der Waals surface area (Å²) >= 11 is 13.4. The minimum Gasteiger partial charge on any atom is -0.279 e. The van der Waals surface area contributed by atoms with E-state index >= 15 is 0 Å². The maximum Gasteiger partial charge on any atom is 0.271 e. The molecule has 2 heterocycles. The second kappa shape index (κ2) is 7.36. The Morgan fingerprint density at radius 1 is 1.14 bits per heavy atom. The van der Waals surface area contributed by atoms with Crippen LogP contribution >= 0.6 is 34.5 Å². The van der Waals surface area contributed by atoms with Crippen molar-refractivity contribution in [2.45, 2.75) is 17.7 Å². The number of benzene rings is 2. The zero-order valence-electron chi connectivity index (χ0n) is 14.6. The fourth-order valence-electron chi connectivity index (χ4n) is 2.89. The summed E-state index contributed by atoms with van der Waals surface area (Å²) in [7, 11) is -3.82. The molecule has 0 fully saturated rings. The van der Waals surface area contributed by atoms with Gasteiger partial charge in [0.25, 0.3) is 10.0 Å². The van der Waals surface area contributed by atoms with Gasteiger partial charge in [0.05, 0.1) is 18.4 Å². The van der Waals surface area contributed by atoms with Crippen LogP contribution in [0.4, 0.5) is 5.69 Å². The monoisotopic (exact) mass is 452 g/mol. The molecule has 144 valence electrons. The van der Waals surface area contributed by atoms with E-state index in [9.17, 15) is 8.42 Å². The van der Waals surface area contributed by atoms with E-state index in [0.717, 1.165) is 15.6 Å². The highest BCUT2D eigenvalue weighted by Crippen LogP contribution is 2.37. The molecule has 6 nitrogen and oxygen atoms in total. The Bertz CT molecular complexity index is 1270. The van der Waals surface area contributed by atoms with Crippen LogP contribution in [0, 0.1) is 6.92 Å². The highest BCUT2D eigenvalue weighted by Gasteiger charge is 2.23. The number of nitrogens with one attached hydrogen (secondary N) is 1. The molecule has 0 aliphatic heterocycles. The minimum atomic E-state index is -3.82. The maximum absolute atomic E-state index is 13.1. The van der Waals surface area contributed by atoms with Gasteiger partial charge in [-0.1, -0.05) is 34.5 Å². The van der Waals surface area contributed by atoms with Gasteiger partial charge < -0.3 is 0 Å². The van der Waals surface area contributed by atoms with Gasteiger partial charge >= 0.3 is 0 Å². The van der Waals surface area contributed by atoms with Gasteiger partial charge in [0.1, 0.15) is 4.21 Å². The van der Waals surface area contributed by atoms with Gasteiger partial charge in [-0.15, -0.1) is 16.4 Å². The Labute approximate surface area is 175 Å². The van der Waals surface area contributed by atoms with E-state index in [2.05, 4.69) is 15.0 Å². The van der Waals surface area contributed by atoms with E-state index in [4.69, 9.17) is 23.2 Å². The molecule has 2 aromatic heterocycles. The molecule has 0 aliphatic rings. The number of halogens is 2. The van der Waals surface area contributed by atoms with Gasteiger partial charge in [0, 0.05) is 20.9 Å². The lowest BCUT2D eigenvalue weighted by molar-refractivity contribution is 0.602. The lowest BCUT2D eigenvalue weighted by Gasteiger charge is -2.13. The number of rotatable bonds is 5. The molecule has 4 aromatic rings. The number of fused-ring (bicyclic) bond motifs is 1. The van der Waals surface area contributed by atoms with Crippen LogP contribution in [-0.4, -0.2) is 23.4 Å². The van der Waals surface area contributed by atoms with Crippen LogP contribution < -0.4 is 4.72 Å². The number of aryl methyl sites for hydroxylation is 1. The first-order valence-corrected chi connectivity index (χ1v) is 11.2. The van der Waals surface area contributed by atoms with Crippen LogP contribution in [0.5, 0.6) is 0 Å². The van der Waals surface area contributed by atoms with Crippen molar-refractivity contribution in [3.63, 3.8) is 0 Å². The van der Waals surface area contributed by atoms with Crippen LogP contribution in [0.1, 0.15) is 11.1 Å². The summed E-state index contributed by atoms with van der Waals surface area (Å²) < 4.78 is 31.6. The minimum absolute atomic E-state index is 0.247. The zero-order valence-corrected chi connectivity index (χ0v) is 17.7. The van der Waals surface area contributed by atoms with Crippen molar-refractivity contribution in [1.29, 1.82) is 0 Å². The summed E-state index contributed by atoms with van der Waals surface area (Å²) in [5.41, 5.74) is 1.79. The summed E-state index contributed by atoms with van der Waals surface area (Å²) in [6.07, 6.45) is 3.26. The van der Waals surface area contributed by atoms with E-state index in [0.29, 0.717) is 27.8 Å². The fourth-order valence-corrected chi connectivity index (χ4v) is 6.07. The summed E-state index contributed by atoms with van der Waals surface area (Å²) in [5, 5.41) is 9.52. The number of nitrogens with zero attached hydrogens (tertiary/aromatic N) is 3. The molecule has 10 heteroatoms. The Balaban J connectivity index is 1.74. The van der Waals surface area contributed by atoms with Crippen LogP contribution in [0.25, 0.3) is 10.1 Å². The Morgan fingerprint density at radius 3 is 2.64 bits per heavy atom. The Kier molecular flexibility index (Phi) is 5.05. The van der Waals surface area contributed by atoms with Crippen molar-refractivity contribution < 1.29 is 8.42 Å². The lowest BCUT2D eigenvalue weighted by Crippen LogP contribution is -2.15. The quantitative estimate of drug-likeness (QED) is 0.464. The predicted molar refractivity (Wildman–Crippen MR) is 113 cm³/mol. The first-order valence-electron chi connectivity index (χ1n) is 8.17. The van der Waals surface area contributed by atoms with Gasteiger partial charge in [-0.25, -0.2) is 13.1 Å². The third-order valence-corrected chi connectivity index (χ3v) is 7.95. The Morgan fingerprint density at radius 2 is 1.89 bits per heavy atom. The lowest BCUT2D eigenvalue weighted by atomic mass is 10.2. The van der Waals surface area contributed by atoms with E-state index in [-0.39, 0.29) is 4.21 Å². The summed E-state index contributed by atoms with van der Waals surface area (Å²) in [4.78, 5) is 0. The molecule has 0 amide bonds. The second-order valence-corrected chi connectivity index (χ2v) is 9.97. The van der Waals surface area contributed by atoms with Gasteiger partial charge in [0.2, 0.25) is 0 Å². The van der Waals surface area contributed by atoms with Crippen LogP contribution in [0.3, 0.4) is 0 Å². The number of sulfonamides is 1. The number of aromatic nitrogens is 3. The molecule has 0 bridgehead atoms. The molecule has 0 aliphatic carbocycles. The molecular formula is C18H14Cl2N4O2S2. The smallest absolute Gasteiger partial charge is 0.271 e. The molecule has 0 saturated heterocycles. The number of anilines is 1. The summed E-state index contributed by atoms with van der Waals surface area (Å²) in [5.74, 6) is 0. The largest absolute Gasteiger partial charge is 0.279 e. The molecule has 0 spiro atoms. The van der Waals surface area contributed by atoms with E-state index in [1.165, 1.54) is 11.3 Å². The van der Waals surface area contributed by atoms with Crippen molar-refractivity contribution in [1.82, 2.24) is 15.0 Å². The van der Waals surface area contributed by atoms with E-state index in [1.807, 2.05) is 6.07 Å². The summed E-state index contributed by atoms with van der Waals surface area (Å²) in [6.45, 7) is 2.13. The molecule has 1 N–H and O–H groups in total. The standard InChI is InChI=1S/C18H14Cl2N4O2S2/c1-11-15-8-13(19)4-5-17(15)27-18(11)28(25,26)22-16-9-14(20)3-2-12(16)10-24-7-6-21-23-24/h2-9,22H,10H2,1H3. The van der Waals surface area contributed by atoms with Gasteiger partial charge in [-0.05, 0) is 53.8 Å². The van der Waals surface area contributed by atoms with Crippen LogP contribution in [0.2, 0.25) is 10.0 Å². The van der Waals surface area contributed by atoms with Gasteiger partial charge in [-0.3, -0.25) is 4.72 Å². The van der Waals surface area contributed by atoms with Crippen molar-refractivity contribution in [2.75, 3.05) is 4.72 Å². The first kappa shape index (κ1) is 19.2. The normalized spacial score (nSPS) is 11.8. The first-order chi connectivity index (χ1) is 13.3. The molecule has 4 rings (SSSR count). The van der Waals surface area contributed by atoms with Crippen molar-refractivity contribution in [3.05, 3.63) is 70.0 Å². The molecule has 0 radical (unpaired) electrons. The molecular weight excluding hydrogens is 439 g/mol. The Hall–Kier alpha value is -2.13. The molecule has 0 saturated carbocycles. The van der Waals surface area contributed by atoms with Crippen molar-refractivity contribution >= 4 is 60.3 Å². The second-order valence-electron chi connectivity index (χ2n) is 6.16. The molecule has 0 atom stereocenters. The van der Waals surface area contributed by atoms with Crippen molar-refractivity contribution in [3.8, 4) is 0 Å². The molecule has 2 aromatic carbocycles. The van der Waals surface area contributed by atoms with E-state index in [1.54, 1.807) is 54.3 Å². The van der Waals surface area contributed by atoms with Crippen LogP contribution in [-0.2, 0) is 16.6 Å². The van der Waals surface area contributed by atoms with Gasteiger partial charge in [-0.2, -0.15) is 0 Å². The van der Waals surface area contributed by atoms with Crippen molar-refractivity contribution in [2.24, 2.45) is 0 Å². The maximum atomic E-state index is 13.1. The summed E-state index contributed by atoms with van der Waals surface area (Å²) in [6, 6.07) is 10.4. The fraction of sp³-hybridized carbons (Fsp3) is 0.111. The SMILES string of the molecule is Cc1c(S(=O)(=O)Nc2cc(Cl)ccc2Cn2ccnn2)sc2ccc(Cl)cc12. The topological polar surface area (TPSA) is 76.9 Å². The number of hydrogen-bond donors (Lipinski definition) is 1.